The normalized spacial score (nSPS) is 19.9. The Balaban J connectivity index is 2.54. The second kappa shape index (κ2) is 3.38. The molecule has 0 saturated carbocycles. The summed E-state index contributed by atoms with van der Waals surface area (Å²) in [5, 5.41) is 9.05. The molecule has 4 nitrogen and oxygen atoms in total. The summed E-state index contributed by atoms with van der Waals surface area (Å²) in [5.41, 5.74) is 1.12. The van der Waals surface area contributed by atoms with Crippen molar-refractivity contribution in [2.24, 2.45) is 0 Å². The van der Waals surface area contributed by atoms with E-state index in [9.17, 15) is 9.59 Å². The lowest BCUT2D eigenvalue weighted by Gasteiger charge is -2.29. The Hall–Kier alpha value is -1.84. The lowest BCUT2D eigenvalue weighted by molar-refractivity contribution is -0.139. The first-order valence-electron chi connectivity index (χ1n) is 4.68. The van der Waals surface area contributed by atoms with Gasteiger partial charge in [0.2, 0.25) is 0 Å². The summed E-state index contributed by atoms with van der Waals surface area (Å²) in [7, 11) is 1.62. The summed E-state index contributed by atoms with van der Waals surface area (Å²) in [6, 6.07) is 6.88. The molecule has 1 aliphatic heterocycles. The van der Waals surface area contributed by atoms with Crippen molar-refractivity contribution >= 4 is 11.9 Å². The molecule has 0 bridgehead atoms. The Bertz CT molecular complexity index is 428. The number of carbonyl (C=O) groups is 2. The molecule has 1 N–H and O–H groups in total. The highest BCUT2D eigenvalue weighted by molar-refractivity contribution is 5.99. The third-order valence-electron chi connectivity index (χ3n) is 2.67. The molecule has 0 unspecified atom stereocenters. The van der Waals surface area contributed by atoms with Crippen LogP contribution in [0.2, 0.25) is 0 Å². The fourth-order valence-electron chi connectivity index (χ4n) is 1.87. The zero-order valence-electron chi connectivity index (χ0n) is 8.30. The highest BCUT2D eigenvalue weighted by atomic mass is 16.4. The highest BCUT2D eigenvalue weighted by Crippen LogP contribution is 2.27. The van der Waals surface area contributed by atoms with Crippen molar-refractivity contribution in [3.05, 3.63) is 35.4 Å². The van der Waals surface area contributed by atoms with E-state index < -0.39 is 11.9 Å². The molecule has 1 aromatic carbocycles. The molecule has 2 rings (SSSR count). The van der Waals surface area contributed by atoms with Crippen molar-refractivity contribution in [3.63, 3.8) is 0 Å². The molecule has 1 aliphatic rings. The minimum Gasteiger partial charge on any atom is -0.481 e. The molecule has 15 heavy (non-hydrogen) atoms. The first-order valence-corrected chi connectivity index (χ1v) is 4.68. The molecular weight excluding hydrogens is 194 g/mol. The maximum absolute atomic E-state index is 11.7. The first kappa shape index (κ1) is 9.71. The van der Waals surface area contributed by atoms with Crippen LogP contribution in [0.4, 0.5) is 0 Å². The number of fused-ring (bicyclic) bond motifs is 1. The van der Waals surface area contributed by atoms with Crippen LogP contribution in [0.15, 0.2) is 24.3 Å². The molecule has 1 atom stereocenters. The number of likely N-dealkylation sites (N-methyl/N-ethyl adjacent to an activating group) is 1. The predicted octanol–water partition coefficient (Wildman–Crippen LogP) is 0.940. The molecule has 0 radical (unpaired) electrons. The van der Waals surface area contributed by atoms with E-state index in [1.54, 1.807) is 31.3 Å². The summed E-state index contributed by atoms with van der Waals surface area (Å²) in [6.07, 6.45) is 0. The van der Waals surface area contributed by atoms with Crippen LogP contribution < -0.4 is 0 Å². The van der Waals surface area contributed by atoms with Crippen molar-refractivity contribution in [1.82, 2.24) is 4.90 Å². The second-order valence-corrected chi connectivity index (χ2v) is 3.66. The van der Waals surface area contributed by atoms with Gasteiger partial charge in [-0.2, -0.15) is 0 Å². The van der Waals surface area contributed by atoms with Crippen LogP contribution in [0, 0.1) is 0 Å². The summed E-state index contributed by atoms with van der Waals surface area (Å²) < 4.78 is 0. The van der Waals surface area contributed by atoms with Gasteiger partial charge < -0.3 is 10.0 Å². The van der Waals surface area contributed by atoms with Crippen molar-refractivity contribution in [2.45, 2.75) is 5.92 Å². The molecule has 1 heterocycles. The summed E-state index contributed by atoms with van der Waals surface area (Å²) in [4.78, 5) is 24.2. The Labute approximate surface area is 87.1 Å². The third-order valence-corrected chi connectivity index (χ3v) is 2.67. The van der Waals surface area contributed by atoms with Gasteiger partial charge in [0, 0.05) is 19.2 Å². The van der Waals surface area contributed by atoms with Gasteiger partial charge in [-0.15, -0.1) is 0 Å². The summed E-state index contributed by atoms with van der Waals surface area (Å²) in [5.74, 6) is -1.60. The van der Waals surface area contributed by atoms with Crippen LogP contribution in [-0.2, 0) is 4.79 Å². The second-order valence-electron chi connectivity index (χ2n) is 3.66. The third kappa shape index (κ3) is 1.48. The minimum atomic E-state index is -0.887. The van der Waals surface area contributed by atoms with E-state index in [0.717, 1.165) is 0 Å². The average molecular weight is 205 g/mol. The lowest BCUT2D eigenvalue weighted by atomic mass is 9.90. The largest absolute Gasteiger partial charge is 0.481 e. The van der Waals surface area contributed by atoms with E-state index in [-0.39, 0.29) is 12.5 Å². The van der Waals surface area contributed by atoms with Gasteiger partial charge in [-0.3, -0.25) is 9.59 Å². The Morgan fingerprint density at radius 3 is 2.80 bits per heavy atom. The molecule has 0 aromatic heterocycles. The van der Waals surface area contributed by atoms with Crippen LogP contribution in [0.1, 0.15) is 21.8 Å². The standard InChI is InChI=1S/C11H11NO3/c1-12-6-9(11(14)15)7-4-2-3-5-8(7)10(12)13/h2-5,9H,6H2,1H3,(H,14,15)/t9-/m0/s1. The zero-order chi connectivity index (χ0) is 11.0. The van der Waals surface area contributed by atoms with Gasteiger partial charge in [-0.25, -0.2) is 0 Å². The number of carboxylic acids is 1. The SMILES string of the molecule is CN1C[C@H](C(=O)O)c2ccccc2C1=O. The number of nitrogens with zero attached hydrogens (tertiary/aromatic N) is 1. The van der Waals surface area contributed by atoms with Gasteiger partial charge in [0.1, 0.15) is 5.92 Å². The van der Waals surface area contributed by atoms with Gasteiger partial charge >= 0.3 is 5.97 Å². The number of hydrogen-bond donors (Lipinski definition) is 1. The average Bonchev–Trinajstić information content (AvgIpc) is 2.23. The van der Waals surface area contributed by atoms with Gasteiger partial charge in [0.25, 0.3) is 5.91 Å². The summed E-state index contributed by atoms with van der Waals surface area (Å²) >= 11 is 0. The number of amides is 1. The van der Waals surface area contributed by atoms with E-state index in [1.165, 1.54) is 4.90 Å². The van der Waals surface area contributed by atoms with Crippen molar-refractivity contribution < 1.29 is 14.7 Å². The van der Waals surface area contributed by atoms with Crippen molar-refractivity contribution in [2.75, 3.05) is 13.6 Å². The van der Waals surface area contributed by atoms with Crippen LogP contribution in [0.5, 0.6) is 0 Å². The topological polar surface area (TPSA) is 57.6 Å². The molecule has 0 fully saturated rings. The smallest absolute Gasteiger partial charge is 0.312 e. The van der Waals surface area contributed by atoms with Gasteiger partial charge in [0.15, 0.2) is 0 Å². The molecule has 1 aromatic rings. The maximum Gasteiger partial charge on any atom is 0.312 e. The van der Waals surface area contributed by atoms with Gasteiger partial charge in [0.05, 0.1) is 0 Å². The van der Waals surface area contributed by atoms with Gasteiger partial charge in [-0.05, 0) is 11.6 Å². The Morgan fingerprint density at radius 2 is 2.13 bits per heavy atom. The number of hydrogen-bond acceptors (Lipinski definition) is 2. The molecule has 78 valence electrons. The molecule has 1 amide bonds. The molecule has 4 heteroatoms. The number of aliphatic carboxylic acids is 1. The van der Waals surface area contributed by atoms with E-state index >= 15 is 0 Å². The minimum absolute atomic E-state index is 0.108. The molecule has 0 saturated heterocycles. The lowest BCUT2D eigenvalue weighted by Crippen LogP contribution is -2.39. The molecular formula is C11H11NO3. The van der Waals surface area contributed by atoms with Crippen LogP contribution in [0.3, 0.4) is 0 Å². The fraction of sp³-hybridized carbons (Fsp3) is 0.273. The Morgan fingerprint density at radius 1 is 1.47 bits per heavy atom. The Kier molecular flexibility index (Phi) is 2.19. The van der Waals surface area contributed by atoms with Crippen molar-refractivity contribution in [3.8, 4) is 0 Å². The van der Waals surface area contributed by atoms with Crippen LogP contribution >= 0.6 is 0 Å². The highest BCUT2D eigenvalue weighted by Gasteiger charge is 2.32. The van der Waals surface area contributed by atoms with E-state index in [1.807, 2.05) is 0 Å². The number of benzene rings is 1. The van der Waals surface area contributed by atoms with Crippen LogP contribution in [0.25, 0.3) is 0 Å². The monoisotopic (exact) mass is 205 g/mol. The number of carboxylic acid groups (broad SMARTS) is 1. The summed E-state index contributed by atoms with van der Waals surface area (Å²) in [6.45, 7) is 0.241. The number of carbonyl (C=O) groups excluding carboxylic acids is 1. The van der Waals surface area contributed by atoms with E-state index in [2.05, 4.69) is 0 Å². The zero-order valence-corrected chi connectivity index (χ0v) is 8.30. The quantitative estimate of drug-likeness (QED) is 0.742. The maximum atomic E-state index is 11.7. The van der Waals surface area contributed by atoms with Crippen molar-refractivity contribution in [1.29, 1.82) is 0 Å². The molecule has 0 aliphatic carbocycles. The number of rotatable bonds is 1. The first-order chi connectivity index (χ1) is 7.11. The fourth-order valence-corrected chi connectivity index (χ4v) is 1.87. The van der Waals surface area contributed by atoms with Gasteiger partial charge in [-0.1, -0.05) is 18.2 Å². The predicted molar refractivity (Wildman–Crippen MR) is 53.8 cm³/mol. The van der Waals surface area contributed by atoms with E-state index in [4.69, 9.17) is 5.11 Å². The van der Waals surface area contributed by atoms with Crippen LogP contribution in [-0.4, -0.2) is 35.5 Å². The van der Waals surface area contributed by atoms with E-state index in [0.29, 0.717) is 11.1 Å². The molecule has 0 spiro atoms.